The Morgan fingerprint density at radius 2 is 1.90 bits per heavy atom. The lowest BCUT2D eigenvalue weighted by Gasteiger charge is -2.33. The van der Waals surface area contributed by atoms with Crippen molar-refractivity contribution in [3.8, 4) is 5.75 Å². The number of hydrogen-bond acceptors (Lipinski definition) is 5. The van der Waals surface area contributed by atoms with E-state index < -0.39 is 11.5 Å². The summed E-state index contributed by atoms with van der Waals surface area (Å²) in [4.78, 5) is 33.0. The number of fused-ring (bicyclic) bond motifs is 1. The molecule has 2 N–H and O–H groups in total. The van der Waals surface area contributed by atoms with Crippen molar-refractivity contribution in [2.45, 2.75) is 18.9 Å². The van der Waals surface area contributed by atoms with E-state index in [2.05, 4.69) is 9.97 Å². The summed E-state index contributed by atoms with van der Waals surface area (Å²) in [6.45, 7) is 1.90. The summed E-state index contributed by atoms with van der Waals surface area (Å²) in [6.07, 6.45) is 5.55. The molecule has 164 valence electrons. The van der Waals surface area contributed by atoms with Gasteiger partial charge in [-0.25, -0.2) is 4.79 Å². The molecule has 0 fully saturated rings. The number of likely N-dealkylation sites (N-methyl/N-ethyl adjacent to an activating group) is 1. The van der Waals surface area contributed by atoms with Crippen molar-refractivity contribution >= 4 is 41.7 Å². The summed E-state index contributed by atoms with van der Waals surface area (Å²) >= 11 is 0. The first-order valence-electron chi connectivity index (χ1n) is 9.04. The fourth-order valence-electron chi connectivity index (χ4n) is 3.22. The van der Waals surface area contributed by atoms with Crippen molar-refractivity contribution in [3.05, 3.63) is 64.2 Å². The zero-order valence-electron chi connectivity index (χ0n) is 17.4. The van der Waals surface area contributed by atoms with Crippen LogP contribution >= 0.6 is 24.8 Å². The highest BCUT2D eigenvalue weighted by molar-refractivity contribution is 5.86. The molecular weight excluding hydrogens is 429 g/mol. The molecule has 7 nitrogen and oxygen atoms in total. The Morgan fingerprint density at radius 1 is 1.17 bits per heavy atom. The minimum Gasteiger partial charge on any atom is -0.497 e. The van der Waals surface area contributed by atoms with Crippen LogP contribution in [0.4, 0.5) is 0 Å². The number of nitrogens with zero attached hydrogens (tertiary/aromatic N) is 1. The van der Waals surface area contributed by atoms with Gasteiger partial charge in [-0.3, -0.25) is 9.69 Å². The SMILES string of the molecule is COc1ccc2[nH]cc(CCOC(=O)C(C)(c3c[nH]ccc3=O)N(C)C)c2c1.Cl.Cl. The Hall–Kier alpha value is -2.48. The molecule has 0 saturated heterocycles. The van der Waals surface area contributed by atoms with E-state index in [9.17, 15) is 9.59 Å². The van der Waals surface area contributed by atoms with Gasteiger partial charge in [0.25, 0.3) is 0 Å². The summed E-state index contributed by atoms with van der Waals surface area (Å²) in [7, 11) is 5.13. The van der Waals surface area contributed by atoms with Crippen molar-refractivity contribution in [3.63, 3.8) is 0 Å². The molecular formula is C21H27Cl2N3O4. The Labute approximate surface area is 187 Å². The maximum absolute atomic E-state index is 12.9. The average Bonchev–Trinajstić information content (AvgIpc) is 3.09. The van der Waals surface area contributed by atoms with E-state index in [0.717, 1.165) is 22.2 Å². The van der Waals surface area contributed by atoms with Gasteiger partial charge in [0.1, 0.15) is 11.3 Å². The smallest absolute Gasteiger partial charge is 0.331 e. The Balaban J connectivity index is 0.00000225. The van der Waals surface area contributed by atoms with Crippen LogP contribution in [0, 0.1) is 0 Å². The molecule has 9 heteroatoms. The molecule has 1 aromatic carbocycles. The number of halogens is 2. The second kappa shape index (κ2) is 10.5. The van der Waals surface area contributed by atoms with Gasteiger partial charge in [-0.05, 0) is 44.8 Å². The first-order chi connectivity index (χ1) is 13.4. The van der Waals surface area contributed by atoms with E-state index in [1.807, 2.05) is 24.4 Å². The third kappa shape index (κ3) is 4.80. The van der Waals surface area contributed by atoms with Crippen molar-refractivity contribution in [1.29, 1.82) is 0 Å². The topological polar surface area (TPSA) is 87.4 Å². The van der Waals surface area contributed by atoms with Crippen molar-refractivity contribution in [2.75, 3.05) is 27.8 Å². The number of nitrogens with one attached hydrogen (secondary N) is 2. The second-order valence-corrected chi connectivity index (χ2v) is 7.00. The highest BCUT2D eigenvalue weighted by Gasteiger charge is 2.41. The standard InChI is InChI=1S/C21H25N3O4.2ClH/c1-21(24(2)3,17-13-22-9-7-19(17)25)20(26)28-10-8-14-12-23-18-6-5-15(27-4)11-16(14)18;;/h5-7,9,11-13,23H,8,10H2,1-4H3,(H,22,25);2*1H. The van der Waals surface area contributed by atoms with Crippen LogP contribution in [0.1, 0.15) is 18.1 Å². The Bertz CT molecular complexity index is 1050. The number of hydrogen-bond donors (Lipinski definition) is 2. The molecule has 3 rings (SSSR count). The van der Waals surface area contributed by atoms with E-state index >= 15 is 0 Å². The lowest BCUT2D eigenvalue weighted by atomic mass is 9.92. The van der Waals surface area contributed by atoms with Crippen LogP contribution in [0.5, 0.6) is 5.75 Å². The quantitative estimate of drug-likeness (QED) is 0.533. The number of H-pyrrole nitrogens is 2. The van der Waals surface area contributed by atoms with Gasteiger partial charge in [-0.1, -0.05) is 0 Å². The van der Waals surface area contributed by atoms with Crippen molar-refractivity contribution < 1.29 is 14.3 Å². The summed E-state index contributed by atoms with van der Waals surface area (Å²) in [5.41, 5.74) is 0.984. The van der Waals surface area contributed by atoms with Crippen molar-refractivity contribution in [2.24, 2.45) is 0 Å². The maximum atomic E-state index is 12.9. The molecule has 1 unspecified atom stereocenters. The van der Waals surface area contributed by atoms with E-state index in [1.165, 1.54) is 6.07 Å². The van der Waals surface area contributed by atoms with Gasteiger partial charge in [-0.2, -0.15) is 0 Å². The number of ether oxygens (including phenoxy) is 2. The first kappa shape index (κ1) is 25.6. The Morgan fingerprint density at radius 3 is 2.53 bits per heavy atom. The summed E-state index contributed by atoms with van der Waals surface area (Å²) < 4.78 is 10.9. The fourth-order valence-corrected chi connectivity index (χ4v) is 3.22. The van der Waals surface area contributed by atoms with Crippen LogP contribution in [0.3, 0.4) is 0 Å². The second-order valence-electron chi connectivity index (χ2n) is 7.00. The number of carbonyl (C=O) groups excluding carboxylic acids is 1. The lowest BCUT2D eigenvalue weighted by Crippen LogP contribution is -2.49. The van der Waals surface area contributed by atoms with Gasteiger partial charge >= 0.3 is 5.97 Å². The van der Waals surface area contributed by atoms with E-state index in [-0.39, 0.29) is 36.8 Å². The van der Waals surface area contributed by atoms with Gasteiger partial charge in [0.2, 0.25) is 0 Å². The molecule has 1 atom stereocenters. The van der Waals surface area contributed by atoms with Gasteiger partial charge in [0.15, 0.2) is 5.43 Å². The molecule has 2 heterocycles. The van der Waals surface area contributed by atoms with Gasteiger partial charge in [0.05, 0.1) is 13.7 Å². The third-order valence-electron chi connectivity index (χ3n) is 5.22. The largest absolute Gasteiger partial charge is 0.497 e. The highest BCUT2D eigenvalue weighted by Crippen LogP contribution is 2.26. The molecule has 0 radical (unpaired) electrons. The number of methoxy groups -OCH3 is 1. The number of pyridine rings is 1. The van der Waals surface area contributed by atoms with Crippen LogP contribution in [0.25, 0.3) is 10.9 Å². The summed E-state index contributed by atoms with van der Waals surface area (Å²) in [5.74, 6) is 0.306. The third-order valence-corrected chi connectivity index (χ3v) is 5.22. The molecule has 0 amide bonds. The zero-order chi connectivity index (χ0) is 20.3. The maximum Gasteiger partial charge on any atom is 0.331 e. The molecule has 0 bridgehead atoms. The minimum absolute atomic E-state index is 0. The van der Waals surface area contributed by atoms with E-state index in [4.69, 9.17) is 9.47 Å². The molecule has 0 aliphatic heterocycles. The predicted molar refractivity (Wildman–Crippen MR) is 122 cm³/mol. The lowest BCUT2D eigenvalue weighted by molar-refractivity contribution is -0.156. The average molecular weight is 456 g/mol. The molecule has 0 aliphatic rings. The molecule has 2 aromatic heterocycles. The van der Waals surface area contributed by atoms with E-state index in [0.29, 0.717) is 12.0 Å². The van der Waals surface area contributed by atoms with Crippen LogP contribution in [-0.2, 0) is 21.5 Å². The highest BCUT2D eigenvalue weighted by atomic mass is 35.5. The summed E-state index contributed by atoms with van der Waals surface area (Å²) in [5, 5.41) is 1.03. The van der Waals surface area contributed by atoms with Crippen LogP contribution in [-0.4, -0.2) is 48.6 Å². The number of benzene rings is 1. The number of aromatic nitrogens is 2. The number of esters is 1. The first-order valence-corrected chi connectivity index (χ1v) is 9.04. The van der Waals surface area contributed by atoms with Crippen LogP contribution in [0.2, 0.25) is 0 Å². The molecule has 0 spiro atoms. The molecule has 3 aromatic rings. The van der Waals surface area contributed by atoms with Crippen molar-refractivity contribution in [1.82, 2.24) is 14.9 Å². The predicted octanol–water partition coefficient (Wildman–Crippen LogP) is 3.27. The summed E-state index contributed by atoms with van der Waals surface area (Å²) in [6, 6.07) is 7.21. The normalized spacial score (nSPS) is 12.6. The molecule has 0 aliphatic carbocycles. The Kier molecular flexibility index (Phi) is 8.96. The monoisotopic (exact) mass is 455 g/mol. The minimum atomic E-state index is -1.18. The van der Waals surface area contributed by atoms with E-state index in [1.54, 1.807) is 45.4 Å². The number of rotatable bonds is 7. The van der Waals surface area contributed by atoms with Crippen LogP contribution < -0.4 is 10.2 Å². The van der Waals surface area contributed by atoms with Gasteiger partial charge in [0, 0.05) is 47.5 Å². The van der Waals surface area contributed by atoms with Crippen LogP contribution in [0.15, 0.2) is 47.7 Å². The number of aromatic amines is 2. The van der Waals surface area contributed by atoms with Gasteiger partial charge in [-0.15, -0.1) is 24.8 Å². The van der Waals surface area contributed by atoms with Gasteiger partial charge < -0.3 is 19.4 Å². The number of carbonyl (C=O) groups is 1. The fraction of sp³-hybridized carbons (Fsp3) is 0.333. The molecule has 0 saturated carbocycles. The zero-order valence-corrected chi connectivity index (χ0v) is 19.0. The molecule has 30 heavy (non-hydrogen) atoms.